The van der Waals surface area contributed by atoms with Gasteiger partial charge in [0.15, 0.2) is 5.65 Å². The zero-order chi connectivity index (χ0) is 23.2. The van der Waals surface area contributed by atoms with E-state index in [-0.39, 0.29) is 28.1 Å². The molecule has 10 nitrogen and oxygen atoms in total. The first-order valence-electron chi connectivity index (χ1n) is 10.2. The first kappa shape index (κ1) is 21.2. The van der Waals surface area contributed by atoms with Crippen LogP contribution in [0.3, 0.4) is 0 Å². The molecule has 0 unspecified atom stereocenters. The van der Waals surface area contributed by atoms with Crippen molar-refractivity contribution < 1.29 is 12.8 Å². The highest BCUT2D eigenvalue weighted by Gasteiger charge is 2.31. The van der Waals surface area contributed by atoms with Gasteiger partial charge in [0, 0.05) is 25.1 Å². The van der Waals surface area contributed by atoms with Crippen molar-refractivity contribution in [1.29, 1.82) is 0 Å². The van der Waals surface area contributed by atoms with Crippen LogP contribution in [-0.4, -0.2) is 32.6 Å². The predicted octanol–water partition coefficient (Wildman–Crippen LogP) is 2.01. The van der Waals surface area contributed by atoms with E-state index in [0.29, 0.717) is 18.1 Å². The van der Waals surface area contributed by atoms with E-state index in [1.807, 2.05) is 6.07 Å². The van der Waals surface area contributed by atoms with E-state index in [4.69, 9.17) is 5.14 Å². The molecule has 1 aliphatic carbocycles. The number of anilines is 2. The second kappa shape index (κ2) is 8.05. The molecule has 0 amide bonds. The number of rotatable bonds is 6. The smallest absolute Gasteiger partial charge is 0.322 e. The van der Waals surface area contributed by atoms with Crippen molar-refractivity contribution in [2.24, 2.45) is 11.1 Å². The molecule has 0 aliphatic heterocycles. The number of benzene rings is 1. The number of pyridine rings is 1. The summed E-state index contributed by atoms with van der Waals surface area (Å²) < 4.78 is 39.9. The Bertz CT molecular complexity index is 1490. The van der Waals surface area contributed by atoms with Gasteiger partial charge in [0.05, 0.1) is 10.6 Å². The largest absolute Gasteiger partial charge is 0.350 e. The molecular weight excluding hydrogens is 449 g/mol. The molecule has 3 N–H and O–H groups in total. The lowest BCUT2D eigenvalue weighted by Gasteiger charge is -2.34. The number of nitrogens with zero attached hydrogens (tertiary/aromatic N) is 5. The normalized spacial score (nSPS) is 18.2. The number of hydrogen-bond acceptors (Lipinski definition) is 7. The van der Waals surface area contributed by atoms with Gasteiger partial charge in [-0.25, -0.2) is 37.4 Å². The van der Waals surface area contributed by atoms with Gasteiger partial charge in [-0.2, -0.15) is 0 Å². The van der Waals surface area contributed by atoms with Crippen LogP contribution in [0.5, 0.6) is 0 Å². The van der Waals surface area contributed by atoms with Crippen LogP contribution in [-0.2, 0) is 16.6 Å². The molecule has 0 bridgehead atoms. The minimum Gasteiger partial charge on any atom is -0.322 e. The molecule has 5 rings (SSSR count). The standard InChI is InChI=1S/C21H20FN7O3S/c22-17-9-16(33(23,31)32)4-5-18(17)26-20-24-10-15(11-25-20)14-7-13(8-14)12-29-21(30)28-6-2-1-3-19(28)27-29/h1-6,9-11,13-14H,7-8,12H2,(H2,23,31,32)(H,24,25,26). The number of nitrogens with two attached hydrogens (primary N) is 1. The third kappa shape index (κ3) is 4.22. The fraction of sp³-hybridized carbons (Fsp3) is 0.238. The van der Waals surface area contributed by atoms with Crippen LogP contribution in [0.1, 0.15) is 24.3 Å². The highest BCUT2D eigenvalue weighted by Crippen LogP contribution is 2.41. The number of nitrogens with one attached hydrogen (secondary N) is 1. The van der Waals surface area contributed by atoms with Crippen LogP contribution in [0.4, 0.5) is 16.0 Å². The van der Waals surface area contributed by atoms with Crippen LogP contribution in [0, 0.1) is 11.7 Å². The van der Waals surface area contributed by atoms with Gasteiger partial charge < -0.3 is 5.32 Å². The van der Waals surface area contributed by atoms with E-state index in [1.165, 1.54) is 21.2 Å². The van der Waals surface area contributed by atoms with Crippen molar-refractivity contribution in [3.05, 3.63) is 76.9 Å². The molecule has 4 aromatic rings. The summed E-state index contributed by atoms with van der Waals surface area (Å²) >= 11 is 0. The van der Waals surface area contributed by atoms with Crippen molar-refractivity contribution in [2.45, 2.75) is 30.2 Å². The van der Waals surface area contributed by atoms with Gasteiger partial charge >= 0.3 is 5.69 Å². The van der Waals surface area contributed by atoms with Crippen molar-refractivity contribution in [2.75, 3.05) is 5.32 Å². The summed E-state index contributed by atoms with van der Waals surface area (Å²) in [6.07, 6.45) is 6.85. The first-order chi connectivity index (χ1) is 15.8. The van der Waals surface area contributed by atoms with Gasteiger partial charge in [0.1, 0.15) is 5.82 Å². The molecule has 3 heterocycles. The Morgan fingerprint density at radius 1 is 1.15 bits per heavy atom. The summed E-state index contributed by atoms with van der Waals surface area (Å²) in [6.45, 7) is 0.561. The Labute approximate surface area is 188 Å². The van der Waals surface area contributed by atoms with Gasteiger partial charge in [0.2, 0.25) is 16.0 Å². The number of primary sulfonamides is 1. The van der Waals surface area contributed by atoms with E-state index in [1.54, 1.807) is 30.7 Å². The molecule has 0 saturated heterocycles. The van der Waals surface area contributed by atoms with Crippen molar-refractivity contribution in [3.63, 3.8) is 0 Å². The molecule has 0 atom stereocenters. The van der Waals surface area contributed by atoms with Crippen LogP contribution < -0.4 is 16.1 Å². The molecule has 3 aromatic heterocycles. The molecule has 1 saturated carbocycles. The molecular formula is C21H20FN7O3S. The second-order valence-electron chi connectivity index (χ2n) is 8.08. The summed E-state index contributed by atoms with van der Waals surface area (Å²) in [6, 6.07) is 8.76. The minimum absolute atomic E-state index is 0.0387. The van der Waals surface area contributed by atoms with E-state index in [0.717, 1.165) is 24.5 Å². The lowest BCUT2D eigenvalue weighted by Crippen LogP contribution is -2.31. The number of hydrogen-bond donors (Lipinski definition) is 2. The molecule has 170 valence electrons. The second-order valence-corrected chi connectivity index (χ2v) is 9.64. The third-order valence-electron chi connectivity index (χ3n) is 5.81. The number of sulfonamides is 1. The predicted molar refractivity (Wildman–Crippen MR) is 118 cm³/mol. The van der Waals surface area contributed by atoms with Crippen molar-refractivity contribution in [3.8, 4) is 0 Å². The number of fused-ring (bicyclic) bond motifs is 1. The summed E-state index contributed by atoms with van der Waals surface area (Å²) in [5.74, 6) is 0.0239. The lowest BCUT2D eigenvalue weighted by molar-refractivity contribution is 0.222. The highest BCUT2D eigenvalue weighted by molar-refractivity contribution is 7.89. The van der Waals surface area contributed by atoms with Crippen LogP contribution in [0.15, 0.2) is 64.7 Å². The summed E-state index contributed by atoms with van der Waals surface area (Å²) in [5, 5.41) is 12.1. The Balaban J connectivity index is 1.20. The maximum Gasteiger partial charge on any atom is 0.350 e. The Morgan fingerprint density at radius 3 is 2.58 bits per heavy atom. The van der Waals surface area contributed by atoms with Crippen molar-refractivity contribution >= 4 is 27.3 Å². The summed E-state index contributed by atoms with van der Waals surface area (Å²) in [4.78, 5) is 20.6. The summed E-state index contributed by atoms with van der Waals surface area (Å²) in [5.41, 5.74) is 1.49. The molecule has 1 fully saturated rings. The van der Waals surface area contributed by atoms with E-state index in [2.05, 4.69) is 20.4 Å². The molecule has 1 aliphatic rings. The fourth-order valence-corrected chi connectivity index (χ4v) is 4.52. The monoisotopic (exact) mass is 469 g/mol. The lowest BCUT2D eigenvalue weighted by atomic mass is 9.72. The molecule has 0 spiro atoms. The topological polar surface area (TPSA) is 137 Å². The highest BCUT2D eigenvalue weighted by atomic mass is 32.2. The van der Waals surface area contributed by atoms with Crippen LogP contribution >= 0.6 is 0 Å². The Hall–Kier alpha value is -3.64. The molecule has 1 aromatic carbocycles. The zero-order valence-electron chi connectivity index (χ0n) is 17.3. The SMILES string of the molecule is NS(=O)(=O)c1ccc(Nc2ncc(C3CC(Cn4nc5ccccn5c4=O)C3)cn2)c(F)c1. The van der Waals surface area contributed by atoms with Gasteiger partial charge in [-0.1, -0.05) is 6.07 Å². The number of halogens is 1. The molecule has 33 heavy (non-hydrogen) atoms. The maximum absolute atomic E-state index is 14.2. The molecule has 0 radical (unpaired) electrons. The summed E-state index contributed by atoms with van der Waals surface area (Å²) in [7, 11) is -3.98. The van der Waals surface area contributed by atoms with Crippen molar-refractivity contribution in [1.82, 2.24) is 24.1 Å². The van der Waals surface area contributed by atoms with Gasteiger partial charge in [-0.15, -0.1) is 5.10 Å². The maximum atomic E-state index is 14.2. The van der Waals surface area contributed by atoms with Gasteiger partial charge in [-0.3, -0.25) is 4.40 Å². The Kier molecular flexibility index (Phi) is 5.17. The average molecular weight is 470 g/mol. The van der Waals surface area contributed by atoms with E-state index >= 15 is 0 Å². The van der Waals surface area contributed by atoms with Gasteiger partial charge in [0.25, 0.3) is 0 Å². The average Bonchev–Trinajstić information content (AvgIpc) is 3.07. The fourth-order valence-electron chi connectivity index (χ4n) is 4.00. The minimum atomic E-state index is -3.98. The Morgan fingerprint density at radius 2 is 1.91 bits per heavy atom. The molecule has 12 heteroatoms. The number of aromatic nitrogens is 5. The van der Waals surface area contributed by atoms with Crippen LogP contribution in [0.25, 0.3) is 5.65 Å². The first-order valence-corrected chi connectivity index (χ1v) is 11.8. The van der Waals surface area contributed by atoms with E-state index < -0.39 is 15.8 Å². The van der Waals surface area contributed by atoms with E-state index in [9.17, 15) is 17.6 Å². The zero-order valence-corrected chi connectivity index (χ0v) is 18.1. The third-order valence-corrected chi connectivity index (χ3v) is 6.73. The van der Waals surface area contributed by atoms with Crippen LogP contribution in [0.2, 0.25) is 0 Å². The quantitative estimate of drug-likeness (QED) is 0.441. The van der Waals surface area contributed by atoms with Gasteiger partial charge in [-0.05, 0) is 60.6 Å².